The molecule has 0 aliphatic carbocycles. The van der Waals surface area contributed by atoms with Crippen molar-refractivity contribution in [1.29, 1.82) is 0 Å². The Morgan fingerprint density at radius 2 is 2.00 bits per heavy atom. The molecular weight excluding hydrogens is 190 g/mol. The lowest BCUT2D eigenvalue weighted by atomic mass is 10.2. The van der Waals surface area contributed by atoms with Crippen molar-refractivity contribution in [3.8, 4) is 11.5 Å². The van der Waals surface area contributed by atoms with Gasteiger partial charge in [-0.1, -0.05) is 6.07 Å². The Hall–Kier alpha value is -1.22. The van der Waals surface area contributed by atoms with Gasteiger partial charge in [0.05, 0.1) is 13.2 Å². The van der Waals surface area contributed by atoms with E-state index in [-0.39, 0.29) is 6.10 Å². The maximum atomic E-state index is 5.62. The Kier molecular flexibility index (Phi) is 4.43. The largest absolute Gasteiger partial charge is 0.493 e. The van der Waals surface area contributed by atoms with E-state index >= 15 is 0 Å². The van der Waals surface area contributed by atoms with Crippen molar-refractivity contribution in [2.45, 2.75) is 26.5 Å². The van der Waals surface area contributed by atoms with Gasteiger partial charge in [0.1, 0.15) is 0 Å². The average molecular weight is 209 g/mol. The lowest BCUT2D eigenvalue weighted by Crippen LogP contribution is -2.08. The molecule has 0 aliphatic heterocycles. The second-order valence-corrected chi connectivity index (χ2v) is 3.68. The smallest absolute Gasteiger partial charge is 0.161 e. The molecule has 0 saturated carbocycles. The molecule has 0 aliphatic rings. The first-order valence-electron chi connectivity index (χ1n) is 5.15. The summed E-state index contributed by atoms with van der Waals surface area (Å²) in [7, 11) is 3.58. The van der Waals surface area contributed by atoms with Gasteiger partial charge in [-0.2, -0.15) is 0 Å². The number of rotatable bonds is 5. The highest BCUT2D eigenvalue weighted by atomic mass is 16.5. The molecule has 0 atom stereocenters. The van der Waals surface area contributed by atoms with Crippen molar-refractivity contribution in [2.75, 3.05) is 14.2 Å². The maximum Gasteiger partial charge on any atom is 0.161 e. The predicted octanol–water partition coefficient (Wildman–Crippen LogP) is 2.20. The van der Waals surface area contributed by atoms with Crippen LogP contribution < -0.4 is 14.8 Å². The second kappa shape index (κ2) is 5.61. The average Bonchev–Trinajstić information content (AvgIpc) is 2.20. The molecule has 3 heteroatoms. The van der Waals surface area contributed by atoms with Crippen LogP contribution >= 0.6 is 0 Å². The zero-order chi connectivity index (χ0) is 11.3. The van der Waals surface area contributed by atoms with Crippen LogP contribution in [0.5, 0.6) is 11.5 Å². The number of hydrogen-bond donors (Lipinski definition) is 1. The summed E-state index contributed by atoms with van der Waals surface area (Å²) in [6.07, 6.45) is 0.161. The molecule has 1 N–H and O–H groups in total. The molecule has 0 saturated heterocycles. The van der Waals surface area contributed by atoms with Crippen molar-refractivity contribution in [3.05, 3.63) is 23.8 Å². The molecule has 1 rings (SSSR count). The summed E-state index contributed by atoms with van der Waals surface area (Å²) in [6.45, 7) is 4.83. The molecule has 3 nitrogen and oxygen atoms in total. The third-order valence-corrected chi connectivity index (χ3v) is 1.97. The standard InChI is InChI=1S/C12H19NO2/c1-9(2)15-11-6-5-10(8-13-3)7-12(11)14-4/h5-7,9,13H,8H2,1-4H3. The molecule has 0 heterocycles. The fourth-order valence-electron chi connectivity index (χ4n) is 1.38. The zero-order valence-corrected chi connectivity index (χ0v) is 9.83. The van der Waals surface area contributed by atoms with E-state index in [2.05, 4.69) is 5.32 Å². The highest BCUT2D eigenvalue weighted by Gasteiger charge is 2.06. The summed E-state index contributed by atoms with van der Waals surface area (Å²) in [5.74, 6) is 1.59. The first kappa shape index (κ1) is 11.9. The van der Waals surface area contributed by atoms with E-state index in [4.69, 9.17) is 9.47 Å². The topological polar surface area (TPSA) is 30.5 Å². The third-order valence-electron chi connectivity index (χ3n) is 1.97. The summed E-state index contributed by atoms with van der Waals surface area (Å²) in [5.41, 5.74) is 1.19. The van der Waals surface area contributed by atoms with Crippen LogP contribution in [-0.2, 0) is 6.54 Å². The fourth-order valence-corrected chi connectivity index (χ4v) is 1.38. The van der Waals surface area contributed by atoms with Crippen LogP contribution in [0.25, 0.3) is 0 Å². The van der Waals surface area contributed by atoms with Crippen molar-refractivity contribution in [2.24, 2.45) is 0 Å². The van der Waals surface area contributed by atoms with Gasteiger partial charge in [0.2, 0.25) is 0 Å². The first-order valence-corrected chi connectivity index (χ1v) is 5.15. The maximum absolute atomic E-state index is 5.62. The fraction of sp³-hybridized carbons (Fsp3) is 0.500. The van der Waals surface area contributed by atoms with E-state index in [1.54, 1.807) is 7.11 Å². The van der Waals surface area contributed by atoms with Crippen LogP contribution in [0.4, 0.5) is 0 Å². The van der Waals surface area contributed by atoms with Gasteiger partial charge in [-0.05, 0) is 38.6 Å². The van der Waals surface area contributed by atoms with Crippen LogP contribution in [0.2, 0.25) is 0 Å². The van der Waals surface area contributed by atoms with E-state index < -0.39 is 0 Å². The molecule has 0 bridgehead atoms. The van der Waals surface area contributed by atoms with Crippen LogP contribution in [0.15, 0.2) is 18.2 Å². The minimum absolute atomic E-state index is 0.161. The SMILES string of the molecule is CNCc1ccc(OC(C)C)c(OC)c1. The summed E-state index contributed by atoms with van der Waals surface area (Å²) in [6, 6.07) is 5.98. The highest BCUT2D eigenvalue weighted by molar-refractivity contribution is 5.43. The number of hydrogen-bond acceptors (Lipinski definition) is 3. The third kappa shape index (κ3) is 3.44. The quantitative estimate of drug-likeness (QED) is 0.806. The molecule has 0 aromatic heterocycles. The van der Waals surface area contributed by atoms with Gasteiger partial charge in [0, 0.05) is 6.54 Å². The van der Waals surface area contributed by atoms with Gasteiger partial charge in [-0.3, -0.25) is 0 Å². The zero-order valence-electron chi connectivity index (χ0n) is 9.83. The van der Waals surface area contributed by atoms with Gasteiger partial charge >= 0.3 is 0 Å². The van der Waals surface area contributed by atoms with Gasteiger partial charge in [0.25, 0.3) is 0 Å². The van der Waals surface area contributed by atoms with E-state index in [9.17, 15) is 0 Å². The van der Waals surface area contributed by atoms with Crippen molar-refractivity contribution in [1.82, 2.24) is 5.32 Å². The normalized spacial score (nSPS) is 10.5. The summed E-state index contributed by atoms with van der Waals surface area (Å²) >= 11 is 0. The summed E-state index contributed by atoms with van der Waals surface area (Å²) < 4.78 is 10.9. The monoisotopic (exact) mass is 209 g/mol. The van der Waals surface area contributed by atoms with E-state index in [1.807, 2.05) is 39.1 Å². The Morgan fingerprint density at radius 3 is 2.53 bits per heavy atom. The van der Waals surface area contributed by atoms with Gasteiger partial charge in [0.15, 0.2) is 11.5 Å². The van der Waals surface area contributed by atoms with E-state index in [1.165, 1.54) is 5.56 Å². The summed E-state index contributed by atoms with van der Waals surface area (Å²) in [5, 5.41) is 3.10. The molecule has 0 fully saturated rings. The molecule has 1 aromatic rings. The number of methoxy groups -OCH3 is 1. The van der Waals surface area contributed by atoms with Crippen molar-refractivity contribution >= 4 is 0 Å². The first-order chi connectivity index (χ1) is 7.17. The number of nitrogens with one attached hydrogen (secondary N) is 1. The minimum Gasteiger partial charge on any atom is -0.493 e. The Balaban J connectivity index is 2.88. The Bertz CT molecular complexity index is 310. The van der Waals surface area contributed by atoms with Crippen LogP contribution in [0.3, 0.4) is 0 Å². The second-order valence-electron chi connectivity index (χ2n) is 3.68. The van der Waals surface area contributed by atoms with E-state index in [0.29, 0.717) is 0 Å². The van der Waals surface area contributed by atoms with Crippen LogP contribution in [-0.4, -0.2) is 20.3 Å². The van der Waals surface area contributed by atoms with Gasteiger partial charge in [-0.15, -0.1) is 0 Å². The van der Waals surface area contributed by atoms with Crippen molar-refractivity contribution < 1.29 is 9.47 Å². The lowest BCUT2D eigenvalue weighted by Gasteiger charge is -2.14. The predicted molar refractivity (Wildman–Crippen MR) is 61.5 cm³/mol. The Morgan fingerprint density at radius 1 is 1.27 bits per heavy atom. The van der Waals surface area contributed by atoms with Crippen molar-refractivity contribution in [3.63, 3.8) is 0 Å². The molecule has 0 spiro atoms. The molecule has 0 radical (unpaired) electrons. The molecule has 15 heavy (non-hydrogen) atoms. The van der Waals surface area contributed by atoms with Crippen LogP contribution in [0.1, 0.15) is 19.4 Å². The molecule has 84 valence electrons. The van der Waals surface area contributed by atoms with Gasteiger partial charge in [-0.25, -0.2) is 0 Å². The summed E-state index contributed by atoms with van der Waals surface area (Å²) in [4.78, 5) is 0. The minimum atomic E-state index is 0.161. The van der Waals surface area contributed by atoms with E-state index in [0.717, 1.165) is 18.0 Å². The molecule has 0 unspecified atom stereocenters. The lowest BCUT2D eigenvalue weighted by molar-refractivity contribution is 0.230. The number of ether oxygens (including phenoxy) is 2. The highest BCUT2D eigenvalue weighted by Crippen LogP contribution is 2.28. The Labute approximate surface area is 91.4 Å². The van der Waals surface area contributed by atoms with Gasteiger partial charge < -0.3 is 14.8 Å². The molecule has 0 amide bonds. The van der Waals surface area contributed by atoms with Crippen LogP contribution in [0, 0.1) is 0 Å². The number of benzene rings is 1. The molecular formula is C12H19NO2. The molecule has 1 aromatic carbocycles.